The lowest BCUT2D eigenvalue weighted by molar-refractivity contribution is -0.384. The van der Waals surface area contributed by atoms with Gasteiger partial charge in [0.1, 0.15) is 41.8 Å². The molecule has 1 aliphatic carbocycles. The Morgan fingerprint density at radius 2 is 1.87 bits per heavy atom. The minimum absolute atomic E-state index is 0.116. The summed E-state index contributed by atoms with van der Waals surface area (Å²) >= 11 is 0. The third kappa shape index (κ3) is 5.12. The Balaban J connectivity index is 1.20. The van der Waals surface area contributed by atoms with E-state index >= 15 is 0 Å². The molecule has 4 aliphatic heterocycles. The zero-order chi connectivity index (χ0) is 38.6. The molecule has 0 amide bonds. The number of aliphatic hydroxyl groups excluding tert-OH is 1. The molecule has 0 spiro atoms. The molecule has 9 N–H and O–H groups in total. The number of aliphatic carboxylic acids is 1. The first-order valence-electron chi connectivity index (χ1n) is 18.1. The third-order valence-corrected chi connectivity index (χ3v) is 12.0. The molecule has 1 saturated carbocycles. The van der Waals surface area contributed by atoms with Crippen LogP contribution >= 0.6 is 0 Å². The van der Waals surface area contributed by atoms with Gasteiger partial charge in [-0.25, -0.2) is 0 Å². The van der Waals surface area contributed by atoms with Crippen LogP contribution in [0.3, 0.4) is 0 Å². The predicted octanol–water partition coefficient (Wildman–Crippen LogP) is 1.98. The van der Waals surface area contributed by atoms with Crippen molar-refractivity contribution in [2.24, 2.45) is 17.4 Å². The van der Waals surface area contributed by atoms with Crippen molar-refractivity contribution in [1.82, 2.24) is 4.98 Å². The highest BCUT2D eigenvalue weighted by atomic mass is 16.7. The van der Waals surface area contributed by atoms with Gasteiger partial charge in [0.15, 0.2) is 23.2 Å². The number of carboxylic acid groups (broad SMARTS) is 1. The summed E-state index contributed by atoms with van der Waals surface area (Å²) in [5.74, 6) is -1.29. The van der Waals surface area contributed by atoms with Crippen LogP contribution in [0.1, 0.15) is 48.0 Å². The van der Waals surface area contributed by atoms with Crippen molar-refractivity contribution in [3.05, 3.63) is 65.4 Å². The molecule has 2 fully saturated rings. The number of nitrogens with one attached hydrogen (secondary N) is 1. The lowest BCUT2D eigenvalue weighted by Gasteiger charge is -2.60. The maximum atomic E-state index is 12.5. The number of H-pyrrole nitrogens is 1. The number of ether oxygens (including phenoxy) is 7. The average Bonchev–Trinajstić information content (AvgIpc) is 3.72. The number of esters is 1. The molecule has 5 heterocycles. The van der Waals surface area contributed by atoms with Gasteiger partial charge in [0, 0.05) is 56.9 Å². The summed E-state index contributed by atoms with van der Waals surface area (Å²) < 4.78 is 43.0. The molecule has 2 bridgehead atoms. The average molecular weight is 760 g/mol. The molecule has 1 saturated heterocycles. The van der Waals surface area contributed by atoms with E-state index in [0.717, 1.165) is 33.2 Å². The number of fused-ring (bicyclic) bond motifs is 8. The van der Waals surface area contributed by atoms with E-state index in [2.05, 4.69) is 4.98 Å². The summed E-state index contributed by atoms with van der Waals surface area (Å²) in [6, 6.07) is 13.3. The summed E-state index contributed by atoms with van der Waals surface area (Å²) in [7, 11) is 3.12. The van der Waals surface area contributed by atoms with Crippen molar-refractivity contribution in [3.8, 4) is 39.9 Å². The Bertz CT molecular complexity index is 2220. The SMILES string of the molecule is COc1ccc2c(c1OC)OC1c3c(cc4c(c3-c3c[nH]c5ccccc35)CC3CCC5(O)C(C(OC(=O)CC(=O)O)C(N)N)OC(O4)C3(O)C5O)OCC21. The number of carbonyl (C=O) groups excluding carboxylic acids is 1. The smallest absolute Gasteiger partial charge is 0.317 e. The Hall–Kier alpha value is -5.10. The zero-order valence-corrected chi connectivity index (χ0v) is 29.9. The zero-order valence-electron chi connectivity index (χ0n) is 29.9. The van der Waals surface area contributed by atoms with Crippen LogP contribution in [0.15, 0.2) is 48.7 Å². The van der Waals surface area contributed by atoms with Crippen LogP contribution in [0.4, 0.5) is 0 Å². The van der Waals surface area contributed by atoms with Crippen LogP contribution in [-0.2, 0) is 25.5 Å². The fraction of sp³-hybridized carbons (Fsp3) is 0.436. The summed E-state index contributed by atoms with van der Waals surface area (Å²) in [5, 5.41) is 46.7. The number of carboxylic acids is 1. The molecule has 4 aromatic rings. The van der Waals surface area contributed by atoms with Crippen molar-refractivity contribution in [2.45, 2.75) is 79.7 Å². The fourth-order valence-corrected chi connectivity index (χ4v) is 9.45. The first-order chi connectivity index (χ1) is 26.4. The maximum Gasteiger partial charge on any atom is 0.317 e. The van der Waals surface area contributed by atoms with Gasteiger partial charge < -0.3 is 70.0 Å². The highest BCUT2D eigenvalue weighted by molar-refractivity contribution is 5.98. The number of para-hydroxylation sites is 1. The van der Waals surface area contributed by atoms with E-state index in [0.29, 0.717) is 28.6 Å². The normalized spacial score (nSPS) is 30.3. The molecular formula is C39H41N3O13. The molecule has 16 nitrogen and oxygen atoms in total. The summed E-state index contributed by atoms with van der Waals surface area (Å²) in [6.45, 7) is 0.254. The quantitative estimate of drug-likeness (QED) is 0.0771. The highest BCUT2D eigenvalue weighted by Gasteiger charge is 2.71. The molecular weight excluding hydrogens is 718 g/mol. The van der Waals surface area contributed by atoms with Crippen LogP contribution in [0.25, 0.3) is 22.0 Å². The third-order valence-electron chi connectivity index (χ3n) is 12.0. The molecule has 16 heteroatoms. The van der Waals surface area contributed by atoms with Gasteiger partial charge >= 0.3 is 11.9 Å². The molecule has 9 atom stereocenters. The van der Waals surface area contributed by atoms with E-state index in [9.17, 15) is 24.9 Å². The number of aromatic nitrogens is 1. The maximum absolute atomic E-state index is 12.5. The Morgan fingerprint density at radius 1 is 1.07 bits per heavy atom. The van der Waals surface area contributed by atoms with Gasteiger partial charge in [0.05, 0.1) is 32.9 Å². The molecule has 9 unspecified atom stereocenters. The number of hydrogen-bond acceptors (Lipinski definition) is 14. The van der Waals surface area contributed by atoms with E-state index < -0.39 is 72.4 Å². The van der Waals surface area contributed by atoms with Crippen molar-refractivity contribution < 1.29 is 63.2 Å². The minimum atomic E-state index is -2.22. The molecule has 290 valence electrons. The summed E-state index contributed by atoms with van der Waals surface area (Å²) in [6.07, 6.45) is -7.63. The van der Waals surface area contributed by atoms with Crippen LogP contribution in [-0.4, -0.2) is 100 Å². The van der Waals surface area contributed by atoms with Gasteiger partial charge in [-0.05, 0) is 31.4 Å². The number of hydrogen-bond donors (Lipinski definition) is 7. The second-order valence-corrected chi connectivity index (χ2v) is 14.9. The predicted molar refractivity (Wildman–Crippen MR) is 191 cm³/mol. The second-order valence-electron chi connectivity index (χ2n) is 14.9. The molecule has 0 radical (unpaired) electrons. The Labute approximate surface area is 313 Å². The molecule has 3 aromatic carbocycles. The molecule has 1 aromatic heterocycles. The number of aliphatic hydroxyl groups is 3. The van der Waals surface area contributed by atoms with Gasteiger partial charge in [-0.2, -0.15) is 0 Å². The van der Waals surface area contributed by atoms with Crippen LogP contribution in [0.5, 0.6) is 28.7 Å². The van der Waals surface area contributed by atoms with Crippen LogP contribution in [0.2, 0.25) is 0 Å². The lowest BCUT2D eigenvalue weighted by Crippen LogP contribution is -2.80. The van der Waals surface area contributed by atoms with Gasteiger partial charge in [-0.1, -0.05) is 24.3 Å². The van der Waals surface area contributed by atoms with Crippen molar-refractivity contribution >= 4 is 22.8 Å². The minimum Gasteiger partial charge on any atom is -0.493 e. The molecule has 9 rings (SSSR count). The van der Waals surface area contributed by atoms with Gasteiger partial charge in [0.25, 0.3) is 0 Å². The summed E-state index contributed by atoms with van der Waals surface area (Å²) in [4.78, 5) is 27.2. The van der Waals surface area contributed by atoms with Crippen molar-refractivity contribution in [1.29, 1.82) is 0 Å². The fourth-order valence-electron chi connectivity index (χ4n) is 9.45. The van der Waals surface area contributed by atoms with E-state index in [1.54, 1.807) is 20.3 Å². The van der Waals surface area contributed by atoms with Crippen molar-refractivity contribution in [2.75, 3.05) is 20.8 Å². The standard InChI is InChI=1S/C39H41N3O13/c1-49-23-8-7-18-21-15-51-25-12-24-19(28(20-14-42-22-6-4-3-5-17(20)22)29(25)30(21)54-31(18)32(23)50-2)11-16-9-10-38(47)34(55-37(52-24)39(16,48)36(38)46)33(35(40)41)53-27(45)13-26(43)44/h3-8,12,14,16,21,30,33-37,42,46-48H,9-11,13,15,40-41H2,1-2H3,(H,43,44). The van der Waals surface area contributed by atoms with E-state index in [-0.39, 0.29) is 37.5 Å². The first kappa shape index (κ1) is 35.6. The number of aromatic amines is 1. The number of methoxy groups -OCH3 is 2. The highest BCUT2D eigenvalue weighted by Crippen LogP contribution is 2.61. The lowest BCUT2D eigenvalue weighted by atomic mass is 9.60. The topological polar surface area (TPSA) is 247 Å². The molecule has 55 heavy (non-hydrogen) atoms. The van der Waals surface area contributed by atoms with Gasteiger partial charge in [-0.3, -0.25) is 9.59 Å². The van der Waals surface area contributed by atoms with Gasteiger partial charge in [0.2, 0.25) is 12.0 Å². The molecule has 5 aliphatic rings. The van der Waals surface area contributed by atoms with Crippen LogP contribution < -0.4 is 35.2 Å². The van der Waals surface area contributed by atoms with E-state index in [1.807, 2.05) is 42.6 Å². The van der Waals surface area contributed by atoms with Crippen LogP contribution in [0, 0.1) is 5.92 Å². The van der Waals surface area contributed by atoms with E-state index in [1.165, 1.54) is 0 Å². The van der Waals surface area contributed by atoms with Gasteiger partial charge in [-0.15, -0.1) is 0 Å². The van der Waals surface area contributed by atoms with Crippen molar-refractivity contribution in [3.63, 3.8) is 0 Å². The Morgan fingerprint density at radius 3 is 2.62 bits per heavy atom. The van der Waals surface area contributed by atoms with E-state index in [4.69, 9.17) is 49.7 Å². The monoisotopic (exact) mass is 759 g/mol. The second kappa shape index (κ2) is 12.7. The number of nitrogens with two attached hydrogens (primary N) is 2. The summed E-state index contributed by atoms with van der Waals surface area (Å²) in [5.41, 5.74) is 12.4. The number of rotatable bonds is 8. The number of benzene rings is 3. The first-order valence-corrected chi connectivity index (χ1v) is 18.1. The largest absolute Gasteiger partial charge is 0.493 e. The Kier molecular flexibility index (Phi) is 8.23. The number of carbonyl (C=O) groups is 2.